The van der Waals surface area contributed by atoms with Gasteiger partial charge in [0.05, 0.1) is 0 Å². The molecule has 1 aliphatic carbocycles. The minimum Gasteiger partial charge on any atom is -0.0651 e. The van der Waals surface area contributed by atoms with Gasteiger partial charge in [0.2, 0.25) is 0 Å². The van der Waals surface area contributed by atoms with Crippen LogP contribution in [-0.2, 0) is 0 Å². The molecular weight excluding hydrogens is 168 g/mol. The molecular formula is C14H28. The topological polar surface area (TPSA) is 0 Å². The van der Waals surface area contributed by atoms with E-state index in [-0.39, 0.29) is 0 Å². The number of hydrogen-bond donors (Lipinski definition) is 0. The van der Waals surface area contributed by atoms with Gasteiger partial charge in [-0.2, -0.15) is 0 Å². The van der Waals surface area contributed by atoms with Gasteiger partial charge in [0.15, 0.2) is 0 Å². The van der Waals surface area contributed by atoms with E-state index in [0.29, 0.717) is 0 Å². The molecule has 0 radical (unpaired) electrons. The molecule has 0 saturated heterocycles. The number of rotatable bonds is 5. The molecule has 0 heteroatoms. The Bertz CT molecular complexity index is 139. The molecule has 1 rings (SSSR count). The van der Waals surface area contributed by atoms with Crippen LogP contribution in [0.2, 0.25) is 0 Å². The average molecular weight is 196 g/mol. The van der Waals surface area contributed by atoms with Crippen molar-refractivity contribution in [3.63, 3.8) is 0 Å². The maximum absolute atomic E-state index is 2.47. The Morgan fingerprint density at radius 1 is 1.21 bits per heavy atom. The van der Waals surface area contributed by atoms with E-state index >= 15 is 0 Å². The summed E-state index contributed by atoms with van der Waals surface area (Å²) in [6.07, 6.45) is 11.8. The monoisotopic (exact) mass is 196 g/mol. The highest BCUT2D eigenvalue weighted by Gasteiger charge is 2.20. The summed E-state index contributed by atoms with van der Waals surface area (Å²) < 4.78 is 0. The fourth-order valence-electron chi connectivity index (χ4n) is 2.75. The van der Waals surface area contributed by atoms with Crippen LogP contribution in [0.3, 0.4) is 0 Å². The Morgan fingerprint density at radius 3 is 2.57 bits per heavy atom. The lowest BCUT2D eigenvalue weighted by Gasteiger charge is -2.29. The van der Waals surface area contributed by atoms with Gasteiger partial charge in [0, 0.05) is 0 Å². The molecule has 0 aromatic carbocycles. The van der Waals surface area contributed by atoms with Crippen LogP contribution in [0.5, 0.6) is 0 Å². The van der Waals surface area contributed by atoms with Crippen LogP contribution in [0, 0.1) is 17.8 Å². The highest BCUT2D eigenvalue weighted by molar-refractivity contribution is 4.72. The predicted molar refractivity (Wildman–Crippen MR) is 64.4 cm³/mol. The van der Waals surface area contributed by atoms with E-state index < -0.39 is 0 Å². The molecule has 84 valence electrons. The third-order valence-electron chi connectivity index (χ3n) is 4.26. The van der Waals surface area contributed by atoms with Crippen LogP contribution >= 0.6 is 0 Å². The molecule has 0 aliphatic heterocycles. The lowest BCUT2D eigenvalue weighted by molar-refractivity contribution is 0.233. The van der Waals surface area contributed by atoms with Gasteiger partial charge in [-0.15, -0.1) is 0 Å². The first-order valence-electron chi connectivity index (χ1n) is 6.74. The van der Waals surface area contributed by atoms with E-state index in [1.807, 2.05) is 0 Å². The Hall–Kier alpha value is 0. The summed E-state index contributed by atoms with van der Waals surface area (Å²) in [7, 11) is 0. The quantitative estimate of drug-likeness (QED) is 0.578. The highest BCUT2D eigenvalue weighted by Crippen LogP contribution is 2.33. The summed E-state index contributed by atoms with van der Waals surface area (Å²) in [5.74, 6) is 3.03. The lowest BCUT2D eigenvalue weighted by Crippen LogP contribution is -2.16. The largest absolute Gasteiger partial charge is 0.0651 e. The SMILES string of the molecule is CCC(C)CCCC1CCCCC1C. The minimum absolute atomic E-state index is 0.953. The van der Waals surface area contributed by atoms with E-state index in [2.05, 4.69) is 20.8 Å². The van der Waals surface area contributed by atoms with Crippen molar-refractivity contribution in [2.75, 3.05) is 0 Å². The molecule has 0 nitrogen and oxygen atoms in total. The van der Waals surface area contributed by atoms with Gasteiger partial charge in [-0.3, -0.25) is 0 Å². The van der Waals surface area contributed by atoms with E-state index in [4.69, 9.17) is 0 Å². The molecule has 1 fully saturated rings. The van der Waals surface area contributed by atoms with Gasteiger partial charge in [0.1, 0.15) is 0 Å². The molecule has 0 heterocycles. The van der Waals surface area contributed by atoms with E-state index in [1.54, 1.807) is 0 Å². The van der Waals surface area contributed by atoms with Gasteiger partial charge >= 0.3 is 0 Å². The van der Waals surface area contributed by atoms with Gasteiger partial charge in [0.25, 0.3) is 0 Å². The third kappa shape index (κ3) is 4.02. The Balaban J connectivity index is 2.10. The predicted octanol–water partition coefficient (Wildman–Crippen LogP) is 5.03. The summed E-state index contributed by atoms with van der Waals surface area (Å²) in [6.45, 7) is 7.17. The van der Waals surface area contributed by atoms with Crippen LogP contribution in [0.1, 0.15) is 72.1 Å². The van der Waals surface area contributed by atoms with Crippen LogP contribution in [0.25, 0.3) is 0 Å². The zero-order valence-corrected chi connectivity index (χ0v) is 10.4. The van der Waals surface area contributed by atoms with E-state index in [1.165, 1.54) is 51.4 Å². The minimum atomic E-state index is 0.953. The smallest absolute Gasteiger partial charge is 0.0388 e. The third-order valence-corrected chi connectivity index (χ3v) is 4.26. The van der Waals surface area contributed by atoms with Gasteiger partial charge in [-0.05, 0) is 17.8 Å². The molecule has 3 unspecified atom stereocenters. The Kier molecular flexibility index (Phi) is 5.59. The summed E-state index contributed by atoms with van der Waals surface area (Å²) in [5, 5.41) is 0. The molecule has 1 aliphatic rings. The van der Waals surface area contributed by atoms with Crippen LogP contribution in [-0.4, -0.2) is 0 Å². The molecule has 0 bridgehead atoms. The standard InChI is InChI=1S/C14H28/c1-4-12(2)8-7-11-14-10-6-5-9-13(14)3/h12-14H,4-11H2,1-3H3. The summed E-state index contributed by atoms with van der Waals surface area (Å²) in [6, 6.07) is 0. The summed E-state index contributed by atoms with van der Waals surface area (Å²) in [4.78, 5) is 0. The maximum atomic E-state index is 2.47. The molecule has 14 heavy (non-hydrogen) atoms. The average Bonchev–Trinajstić information content (AvgIpc) is 2.20. The Morgan fingerprint density at radius 2 is 1.93 bits per heavy atom. The van der Waals surface area contributed by atoms with Crippen LogP contribution in [0.15, 0.2) is 0 Å². The zero-order chi connectivity index (χ0) is 10.4. The second kappa shape index (κ2) is 6.48. The molecule has 0 amide bonds. The van der Waals surface area contributed by atoms with Crippen molar-refractivity contribution in [2.45, 2.75) is 72.1 Å². The van der Waals surface area contributed by atoms with Crippen LogP contribution in [0.4, 0.5) is 0 Å². The van der Waals surface area contributed by atoms with Gasteiger partial charge in [-0.1, -0.05) is 72.1 Å². The summed E-state index contributed by atoms with van der Waals surface area (Å²) >= 11 is 0. The lowest BCUT2D eigenvalue weighted by atomic mass is 9.77. The first-order valence-corrected chi connectivity index (χ1v) is 6.74. The van der Waals surface area contributed by atoms with Gasteiger partial charge < -0.3 is 0 Å². The molecule has 3 atom stereocenters. The van der Waals surface area contributed by atoms with Crippen molar-refractivity contribution in [3.8, 4) is 0 Å². The summed E-state index contributed by atoms with van der Waals surface area (Å²) in [5.41, 5.74) is 0. The van der Waals surface area contributed by atoms with Crippen molar-refractivity contribution in [2.24, 2.45) is 17.8 Å². The van der Waals surface area contributed by atoms with Crippen molar-refractivity contribution in [3.05, 3.63) is 0 Å². The first kappa shape index (κ1) is 12.1. The van der Waals surface area contributed by atoms with Gasteiger partial charge in [-0.25, -0.2) is 0 Å². The fraction of sp³-hybridized carbons (Fsp3) is 1.00. The van der Waals surface area contributed by atoms with Crippen molar-refractivity contribution >= 4 is 0 Å². The van der Waals surface area contributed by atoms with Crippen molar-refractivity contribution in [1.82, 2.24) is 0 Å². The molecule has 0 spiro atoms. The van der Waals surface area contributed by atoms with Crippen molar-refractivity contribution in [1.29, 1.82) is 0 Å². The first-order chi connectivity index (χ1) is 6.74. The molecule has 0 aromatic rings. The highest BCUT2D eigenvalue weighted by atomic mass is 14.3. The molecule has 0 N–H and O–H groups in total. The van der Waals surface area contributed by atoms with Crippen LogP contribution < -0.4 is 0 Å². The second-order valence-corrected chi connectivity index (χ2v) is 5.47. The molecule has 1 saturated carbocycles. The number of hydrogen-bond acceptors (Lipinski definition) is 0. The normalized spacial score (nSPS) is 30.2. The zero-order valence-electron chi connectivity index (χ0n) is 10.4. The second-order valence-electron chi connectivity index (χ2n) is 5.47. The van der Waals surface area contributed by atoms with E-state index in [0.717, 1.165) is 17.8 Å². The van der Waals surface area contributed by atoms with Crippen molar-refractivity contribution < 1.29 is 0 Å². The fourth-order valence-corrected chi connectivity index (χ4v) is 2.75. The Labute approximate surface area is 90.5 Å². The molecule has 0 aromatic heterocycles. The van der Waals surface area contributed by atoms with E-state index in [9.17, 15) is 0 Å². The maximum Gasteiger partial charge on any atom is -0.0388 e.